The van der Waals surface area contributed by atoms with Crippen LogP contribution in [0, 0.1) is 0 Å². The van der Waals surface area contributed by atoms with Gasteiger partial charge in [-0.2, -0.15) is 0 Å². The molecule has 1 atom stereocenters. The monoisotopic (exact) mass is 307 g/mol. The molecule has 1 aromatic carbocycles. The largest absolute Gasteiger partial charge is 0.380 e. The third-order valence-corrected chi connectivity index (χ3v) is 3.49. The number of hydrogen-bond acceptors (Lipinski definition) is 4. The zero-order valence-electron chi connectivity index (χ0n) is 13.5. The fourth-order valence-electron chi connectivity index (χ4n) is 2.13. The smallest absolute Gasteiger partial charge is 0.255 e. The van der Waals surface area contributed by atoms with E-state index < -0.39 is 0 Å². The molecule has 0 radical (unpaired) electrons. The van der Waals surface area contributed by atoms with E-state index in [1.54, 1.807) is 29.2 Å². The van der Waals surface area contributed by atoms with Crippen molar-refractivity contribution in [3.8, 4) is 0 Å². The summed E-state index contributed by atoms with van der Waals surface area (Å²) < 4.78 is 5.10. The molecule has 1 rings (SSSR count). The Hall–Kier alpha value is -1.92. The lowest BCUT2D eigenvalue weighted by Gasteiger charge is -2.21. The first-order valence-electron chi connectivity index (χ1n) is 7.48. The van der Waals surface area contributed by atoms with Crippen LogP contribution < -0.4 is 11.1 Å². The van der Waals surface area contributed by atoms with Gasteiger partial charge in [-0.25, -0.2) is 0 Å². The van der Waals surface area contributed by atoms with Gasteiger partial charge in [0.25, 0.3) is 5.91 Å². The van der Waals surface area contributed by atoms with Crippen molar-refractivity contribution in [3.05, 3.63) is 29.8 Å². The zero-order valence-corrected chi connectivity index (χ0v) is 13.5. The molecule has 0 heterocycles. The summed E-state index contributed by atoms with van der Waals surface area (Å²) in [5.74, 6) is -0.319. The van der Waals surface area contributed by atoms with Crippen molar-refractivity contribution in [1.82, 2.24) is 4.90 Å². The number of nitrogens with zero attached hydrogens (tertiary/aromatic N) is 1. The van der Waals surface area contributed by atoms with Gasteiger partial charge in [0.1, 0.15) is 0 Å². The van der Waals surface area contributed by atoms with Gasteiger partial charge in [-0.15, -0.1) is 0 Å². The molecular formula is C16H25N3O3. The van der Waals surface area contributed by atoms with Crippen molar-refractivity contribution in [2.24, 2.45) is 5.73 Å². The summed E-state index contributed by atoms with van der Waals surface area (Å²) in [6.45, 7) is 5.36. The van der Waals surface area contributed by atoms with Gasteiger partial charge < -0.3 is 20.7 Å². The molecule has 0 aliphatic heterocycles. The number of nitrogens with one attached hydrogen (secondary N) is 1. The number of anilines is 1. The SMILES string of the molecule is CCN(CC)C(=O)c1ccccc1NC(=O)CC(CN)OC. The van der Waals surface area contributed by atoms with Crippen molar-refractivity contribution in [3.63, 3.8) is 0 Å². The molecule has 22 heavy (non-hydrogen) atoms. The van der Waals surface area contributed by atoms with Crippen LogP contribution in [0.3, 0.4) is 0 Å². The standard InChI is InChI=1S/C16H25N3O3/c1-4-19(5-2)16(21)13-8-6-7-9-14(13)18-15(20)10-12(11-17)22-3/h6-9,12H,4-5,10-11,17H2,1-3H3,(H,18,20). The number of para-hydroxylation sites is 1. The molecule has 1 unspecified atom stereocenters. The van der Waals surface area contributed by atoms with Crippen molar-refractivity contribution in [2.45, 2.75) is 26.4 Å². The molecule has 0 saturated heterocycles. The maximum atomic E-state index is 12.5. The molecule has 6 heteroatoms. The van der Waals surface area contributed by atoms with E-state index >= 15 is 0 Å². The van der Waals surface area contributed by atoms with Gasteiger partial charge in [0.05, 0.1) is 23.8 Å². The van der Waals surface area contributed by atoms with Crippen molar-refractivity contribution in [1.29, 1.82) is 0 Å². The summed E-state index contributed by atoms with van der Waals surface area (Å²) in [4.78, 5) is 26.2. The lowest BCUT2D eigenvalue weighted by molar-refractivity contribution is -0.118. The van der Waals surface area contributed by atoms with E-state index in [1.807, 2.05) is 13.8 Å². The van der Waals surface area contributed by atoms with Gasteiger partial charge in [0.2, 0.25) is 5.91 Å². The molecule has 122 valence electrons. The maximum Gasteiger partial charge on any atom is 0.255 e. The third kappa shape index (κ3) is 4.82. The van der Waals surface area contributed by atoms with Gasteiger partial charge in [0.15, 0.2) is 0 Å². The Morgan fingerprint density at radius 1 is 1.27 bits per heavy atom. The highest BCUT2D eigenvalue weighted by Crippen LogP contribution is 2.18. The predicted octanol–water partition coefficient (Wildman–Crippen LogP) is 1.47. The lowest BCUT2D eigenvalue weighted by Crippen LogP contribution is -2.32. The van der Waals surface area contributed by atoms with E-state index in [4.69, 9.17) is 10.5 Å². The third-order valence-electron chi connectivity index (χ3n) is 3.49. The van der Waals surface area contributed by atoms with Crippen LogP contribution in [0.5, 0.6) is 0 Å². The molecular weight excluding hydrogens is 282 g/mol. The van der Waals surface area contributed by atoms with E-state index in [2.05, 4.69) is 5.32 Å². The summed E-state index contributed by atoms with van der Waals surface area (Å²) >= 11 is 0. The van der Waals surface area contributed by atoms with Crippen LogP contribution in [-0.4, -0.2) is 49.6 Å². The minimum Gasteiger partial charge on any atom is -0.380 e. The molecule has 6 nitrogen and oxygen atoms in total. The molecule has 0 bridgehead atoms. The molecule has 3 N–H and O–H groups in total. The molecule has 0 aliphatic rings. The molecule has 2 amide bonds. The second kappa shape index (κ2) is 9.17. The van der Waals surface area contributed by atoms with Crippen LogP contribution in [-0.2, 0) is 9.53 Å². The number of hydrogen-bond donors (Lipinski definition) is 2. The fraction of sp³-hybridized carbons (Fsp3) is 0.500. The molecule has 0 aliphatic carbocycles. The lowest BCUT2D eigenvalue weighted by atomic mass is 10.1. The molecule has 0 spiro atoms. The number of nitrogens with two attached hydrogens (primary N) is 1. The Morgan fingerprint density at radius 2 is 1.91 bits per heavy atom. The van der Waals surface area contributed by atoms with Crippen LogP contribution in [0.1, 0.15) is 30.6 Å². The summed E-state index contributed by atoms with van der Waals surface area (Å²) in [6, 6.07) is 7.00. The highest BCUT2D eigenvalue weighted by Gasteiger charge is 2.18. The van der Waals surface area contributed by atoms with Gasteiger partial charge in [-0.3, -0.25) is 9.59 Å². The minimum atomic E-state index is -0.328. The first-order valence-corrected chi connectivity index (χ1v) is 7.48. The van der Waals surface area contributed by atoms with Gasteiger partial charge in [0, 0.05) is 26.7 Å². The first-order chi connectivity index (χ1) is 10.6. The second-order valence-corrected chi connectivity index (χ2v) is 4.87. The number of ether oxygens (including phenoxy) is 1. The van der Waals surface area contributed by atoms with E-state index in [0.717, 1.165) is 0 Å². The van der Waals surface area contributed by atoms with Crippen molar-refractivity contribution >= 4 is 17.5 Å². The van der Waals surface area contributed by atoms with Crippen LogP contribution in [0.4, 0.5) is 5.69 Å². The summed E-state index contributed by atoms with van der Waals surface area (Å²) in [5, 5.41) is 2.77. The number of benzene rings is 1. The van der Waals surface area contributed by atoms with Crippen LogP contribution in [0.15, 0.2) is 24.3 Å². The average molecular weight is 307 g/mol. The van der Waals surface area contributed by atoms with Gasteiger partial charge in [-0.1, -0.05) is 12.1 Å². The molecule has 0 fully saturated rings. The minimum absolute atomic E-state index is 0.0944. The van der Waals surface area contributed by atoms with E-state index in [0.29, 0.717) is 24.3 Å². The average Bonchev–Trinajstić information content (AvgIpc) is 2.54. The number of carbonyl (C=O) groups excluding carboxylic acids is 2. The molecule has 1 aromatic rings. The fourth-order valence-corrected chi connectivity index (χ4v) is 2.13. The summed E-state index contributed by atoms with van der Waals surface area (Å²) in [5.41, 5.74) is 6.51. The predicted molar refractivity (Wildman–Crippen MR) is 86.8 cm³/mol. The van der Waals surface area contributed by atoms with Crippen molar-refractivity contribution in [2.75, 3.05) is 32.1 Å². The number of rotatable bonds is 8. The second-order valence-electron chi connectivity index (χ2n) is 4.87. The Kier molecular flexibility index (Phi) is 7.56. The normalized spacial score (nSPS) is 11.8. The Labute approximate surface area is 131 Å². The summed E-state index contributed by atoms with van der Waals surface area (Å²) in [7, 11) is 1.52. The number of amides is 2. The maximum absolute atomic E-state index is 12.5. The number of methoxy groups -OCH3 is 1. The number of carbonyl (C=O) groups is 2. The highest BCUT2D eigenvalue weighted by molar-refractivity contribution is 6.03. The van der Waals surface area contributed by atoms with Gasteiger partial charge in [-0.05, 0) is 26.0 Å². The molecule has 0 aromatic heterocycles. The topological polar surface area (TPSA) is 84.7 Å². The van der Waals surface area contributed by atoms with Crippen LogP contribution in [0.2, 0.25) is 0 Å². The van der Waals surface area contributed by atoms with Crippen LogP contribution in [0.25, 0.3) is 0 Å². The highest BCUT2D eigenvalue weighted by atomic mass is 16.5. The zero-order chi connectivity index (χ0) is 16.5. The van der Waals surface area contributed by atoms with Crippen molar-refractivity contribution < 1.29 is 14.3 Å². The quantitative estimate of drug-likeness (QED) is 0.761. The summed E-state index contributed by atoms with van der Waals surface area (Å²) in [6.07, 6.45) is -0.175. The first kappa shape index (κ1) is 18.1. The Bertz CT molecular complexity index is 497. The van der Waals surface area contributed by atoms with E-state index in [-0.39, 0.29) is 30.9 Å². The van der Waals surface area contributed by atoms with Crippen LogP contribution >= 0.6 is 0 Å². The molecule has 0 saturated carbocycles. The van der Waals surface area contributed by atoms with Gasteiger partial charge >= 0.3 is 0 Å². The van der Waals surface area contributed by atoms with E-state index in [1.165, 1.54) is 7.11 Å². The Balaban J connectivity index is 2.88. The van der Waals surface area contributed by atoms with E-state index in [9.17, 15) is 9.59 Å². The Morgan fingerprint density at radius 3 is 2.45 bits per heavy atom.